The van der Waals surface area contributed by atoms with E-state index in [9.17, 15) is 13.2 Å². The molecule has 5 nitrogen and oxygen atoms in total. The Morgan fingerprint density at radius 1 is 1.23 bits per heavy atom. The van der Waals surface area contributed by atoms with Crippen molar-refractivity contribution in [2.24, 2.45) is 5.92 Å². The van der Waals surface area contributed by atoms with Gasteiger partial charge < -0.3 is 4.79 Å². The molecule has 0 saturated carbocycles. The Morgan fingerprint density at radius 3 is 2.70 bits per heavy atom. The second-order valence-corrected chi connectivity index (χ2v) is 10.5. The van der Waals surface area contributed by atoms with E-state index in [4.69, 9.17) is 16.6 Å². The quantitative estimate of drug-likeness (QED) is 0.642. The number of benzene rings is 1. The monoisotopic (exact) mass is 444 g/mol. The number of hydrogen-bond donors (Lipinski definition) is 0. The summed E-state index contributed by atoms with van der Waals surface area (Å²) in [5, 5.41) is 0.671. The number of hydrogen-bond acceptors (Lipinski definition) is 4. The lowest BCUT2D eigenvalue weighted by molar-refractivity contribution is -0.107. The highest BCUT2D eigenvalue weighted by atomic mass is 35.5. The van der Waals surface area contributed by atoms with Crippen LogP contribution in [0.3, 0.4) is 0 Å². The van der Waals surface area contributed by atoms with Gasteiger partial charge in [0.25, 0.3) is 0 Å². The molecule has 0 N–H and O–H groups in total. The molecule has 4 rings (SSSR count). The van der Waals surface area contributed by atoms with Gasteiger partial charge in [-0.2, -0.15) is 0 Å². The number of allylic oxidation sites excluding steroid dienone is 1. The zero-order valence-electron chi connectivity index (χ0n) is 16.9. The molecule has 0 spiro atoms. The second kappa shape index (κ2) is 8.61. The van der Waals surface area contributed by atoms with E-state index in [1.54, 1.807) is 4.31 Å². The molecule has 0 bridgehead atoms. The number of carbonyl (C=O) groups is 1. The van der Waals surface area contributed by atoms with E-state index in [1.807, 2.05) is 24.4 Å². The van der Waals surface area contributed by atoms with Crippen molar-refractivity contribution in [1.82, 2.24) is 9.29 Å². The first-order valence-electron chi connectivity index (χ1n) is 10.2. The van der Waals surface area contributed by atoms with E-state index in [1.165, 1.54) is 11.8 Å². The van der Waals surface area contributed by atoms with Crippen molar-refractivity contribution >= 4 is 39.6 Å². The summed E-state index contributed by atoms with van der Waals surface area (Å²) in [4.78, 5) is 15.8. The minimum atomic E-state index is -3.18. The molecule has 1 aliphatic heterocycles. The lowest BCUT2D eigenvalue weighted by Crippen LogP contribution is -2.39. The molecule has 1 aliphatic carbocycles. The van der Waals surface area contributed by atoms with Crippen molar-refractivity contribution in [3.05, 3.63) is 63.9 Å². The molecule has 1 aromatic carbocycles. The van der Waals surface area contributed by atoms with Crippen LogP contribution in [0.15, 0.2) is 36.5 Å². The van der Waals surface area contributed by atoms with Crippen LogP contribution in [0.4, 0.5) is 0 Å². The van der Waals surface area contributed by atoms with E-state index in [0.717, 1.165) is 41.5 Å². The summed E-state index contributed by atoms with van der Waals surface area (Å²) >= 11 is 6.32. The maximum Gasteiger partial charge on any atom is 0.211 e. The highest BCUT2D eigenvalue weighted by Gasteiger charge is 2.35. The molecular weight excluding hydrogens is 420 g/mol. The third-order valence-electron chi connectivity index (χ3n) is 6.16. The second-order valence-electron chi connectivity index (χ2n) is 8.06. The lowest BCUT2D eigenvalue weighted by Gasteiger charge is -2.35. The average molecular weight is 445 g/mol. The number of fused-ring (bicyclic) bond motifs is 2. The molecule has 158 valence electrons. The normalized spacial score (nSPS) is 20.1. The number of aldehydes is 1. The topological polar surface area (TPSA) is 67.3 Å². The van der Waals surface area contributed by atoms with Crippen LogP contribution >= 0.6 is 11.6 Å². The molecule has 1 fully saturated rings. The van der Waals surface area contributed by atoms with Gasteiger partial charge in [0.05, 0.1) is 11.9 Å². The van der Waals surface area contributed by atoms with E-state index in [-0.39, 0.29) is 11.8 Å². The van der Waals surface area contributed by atoms with Crippen molar-refractivity contribution in [3.63, 3.8) is 0 Å². The molecule has 2 aromatic rings. The third kappa shape index (κ3) is 4.22. The Bertz CT molecular complexity index is 1090. The number of halogens is 1. The minimum Gasteiger partial charge on any atom is -0.303 e. The fraction of sp³-hybridized carbons (Fsp3) is 0.391. The van der Waals surface area contributed by atoms with Gasteiger partial charge in [-0.15, -0.1) is 0 Å². The van der Waals surface area contributed by atoms with Crippen molar-refractivity contribution < 1.29 is 13.2 Å². The summed E-state index contributed by atoms with van der Waals surface area (Å²) in [6.45, 7) is 1.05. The number of sulfonamides is 1. The van der Waals surface area contributed by atoms with Gasteiger partial charge in [-0.3, -0.25) is 4.98 Å². The van der Waals surface area contributed by atoms with E-state index < -0.39 is 10.0 Å². The first-order valence-corrected chi connectivity index (χ1v) is 12.4. The summed E-state index contributed by atoms with van der Waals surface area (Å²) in [7, 11) is -3.18. The third-order valence-corrected chi connectivity index (χ3v) is 7.70. The van der Waals surface area contributed by atoms with E-state index >= 15 is 0 Å². The molecule has 1 unspecified atom stereocenters. The first-order chi connectivity index (χ1) is 14.4. The Morgan fingerprint density at radius 2 is 2.00 bits per heavy atom. The Kier molecular flexibility index (Phi) is 6.09. The van der Waals surface area contributed by atoms with Gasteiger partial charge in [0.1, 0.15) is 6.29 Å². The lowest BCUT2D eigenvalue weighted by atomic mass is 9.76. The molecule has 0 amide bonds. The zero-order valence-corrected chi connectivity index (χ0v) is 18.5. The number of rotatable bonds is 5. The summed E-state index contributed by atoms with van der Waals surface area (Å²) in [6, 6.07) is 9.96. The smallest absolute Gasteiger partial charge is 0.211 e. The van der Waals surface area contributed by atoms with Crippen LogP contribution in [-0.4, -0.2) is 43.3 Å². The molecule has 2 aliphatic rings. The largest absolute Gasteiger partial charge is 0.303 e. The Labute approximate surface area is 182 Å². The molecule has 1 saturated heterocycles. The van der Waals surface area contributed by atoms with Crippen molar-refractivity contribution in [2.45, 2.75) is 31.6 Å². The molecule has 1 aromatic heterocycles. The zero-order chi connectivity index (χ0) is 21.3. The van der Waals surface area contributed by atoms with Crippen molar-refractivity contribution in [3.8, 4) is 0 Å². The summed E-state index contributed by atoms with van der Waals surface area (Å²) < 4.78 is 25.5. The predicted molar refractivity (Wildman–Crippen MR) is 120 cm³/mol. The SMILES string of the molecule is CS(=O)(=O)N1CCC(C2c3ccc(Cl)cc3C=C(CCC=O)c3cccnc32)CC1. The fourth-order valence-corrected chi connectivity index (χ4v) is 5.80. The fourth-order valence-electron chi connectivity index (χ4n) is 4.74. The first kappa shape index (κ1) is 21.2. The maximum atomic E-state index is 12.0. The minimum absolute atomic E-state index is 0.0557. The molecule has 2 heterocycles. The van der Waals surface area contributed by atoms with Gasteiger partial charge in [-0.05, 0) is 65.6 Å². The van der Waals surface area contributed by atoms with E-state index in [2.05, 4.69) is 18.2 Å². The average Bonchev–Trinajstić information content (AvgIpc) is 2.86. The maximum absolute atomic E-state index is 12.0. The van der Waals surface area contributed by atoms with Crippen LogP contribution in [0, 0.1) is 5.92 Å². The molecule has 7 heteroatoms. The van der Waals surface area contributed by atoms with Crippen molar-refractivity contribution in [2.75, 3.05) is 19.3 Å². The predicted octanol–water partition coefficient (Wildman–Crippen LogP) is 4.37. The number of pyridine rings is 1. The van der Waals surface area contributed by atoms with Crippen LogP contribution in [0.25, 0.3) is 11.6 Å². The van der Waals surface area contributed by atoms with Crippen LogP contribution < -0.4 is 0 Å². The Hall–Kier alpha value is -2.02. The standard InChI is InChI=1S/C23H25ClN2O3S/c1-30(28,29)26-11-8-16(9-12-26)22-20-7-6-19(24)15-18(20)14-17(4-3-13-27)21-5-2-10-25-23(21)22/h2,5-7,10,13-16,22H,3-4,8-9,11-12H2,1H3. The number of piperidine rings is 1. The van der Waals surface area contributed by atoms with Gasteiger partial charge in [0, 0.05) is 36.6 Å². The van der Waals surface area contributed by atoms with Gasteiger partial charge in [-0.25, -0.2) is 12.7 Å². The summed E-state index contributed by atoms with van der Waals surface area (Å²) in [5.41, 5.74) is 5.38. The van der Waals surface area contributed by atoms with Crippen LogP contribution in [0.5, 0.6) is 0 Å². The van der Waals surface area contributed by atoms with Crippen LogP contribution in [0.1, 0.15) is 54.0 Å². The van der Waals surface area contributed by atoms with Crippen molar-refractivity contribution in [1.29, 1.82) is 0 Å². The molecular formula is C23H25ClN2O3S. The van der Waals surface area contributed by atoms with E-state index in [0.29, 0.717) is 31.0 Å². The summed E-state index contributed by atoms with van der Waals surface area (Å²) in [6.07, 6.45) is 8.82. The summed E-state index contributed by atoms with van der Waals surface area (Å²) in [5.74, 6) is 0.329. The van der Waals surface area contributed by atoms with Crippen LogP contribution in [-0.2, 0) is 14.8 Å². The van der Waals surface area contributed by atoms with Gasteiger partial charge in [0.15, 0.2) is 0 Å². The number of nitrogens with zero attached hydrogens (tertiary/aromatic N) is 2. The highest BCUT2D eigenvalue weighted by Crippen LogP contribution is 2.45. The molecule has 30 heavy (non-hydrogen) atoms. The van der Waals surface area contributed by atoms with Gasteiger partial charge >= 0.3 is 0 Å². The number of aromatic nitrogens is 1. The van der Waals surface area contributed by atoms with Gasteiger partial charge in [0.2, 0.25) is 10.0 Å². The number of carbonyl (C=O) groups excluding carboxylic acids is 1. The van der Waals surface area contributed by atoms with Crippen LogP contribution in [0.2, 0.25) is 5.02 Å². The molecule has 0 radical (unpaired) electrons. The highest BCUT2D eigenvalue weighted by molar-refractivity contribution is 7.88. The molecule has 1 atom stereocenters. The van der Waals surface area contributed by atoms with Gasteiger partial charge in [-0.1, -0.05) is 29.8 Å². The Balaban J connectivity index is 1.79.